The number of benzene rings is 2. The van der Waals surface area contributed by atoms with Crippen LogP contribution in [-0.4, -0.2) is 31.7 Å². The van der Waals surface area contributed by atoms with Crippen molar-refractivity contribution in [2.24, 2.45) is 0 Å². The predicted molar refractivity (Wildman–Crippen MR) is 87.4 cm³/mol. The molecule has 1 amide bonds. The zero-order valence-electron chi connectivity index (χ0n) is 12.8. The molecule has 3 rings (SSSR count). The number of nitrogens with one attached hydrogen (secondary N) is 2. The van der Waals surface area contributed by atoms with Crippen molar-refractivity contribution in [3.05, 3.63) is 60.2 Å². The monoisotopic (exact) mass is 312 g/mol. The van der Waals surface area contributed by atoms with E-state index in [1.807, 2.05) is 54.6 Å². The van der Waals surface area contributed by atoms with E-state index in [0.29, 0.717) is 26.3 Å². The zero-order valence-corrected chi connectivity index (χ0v) is 12.8. The molecule has 1 unspecified atom stereocenters. The second-order valence-electron chi connectivity index (χ2n) is 5.36. The summed E-state index contributed by atoms with van der Waals surface area (Å²) in [6.07, 6.45) is 0. The average molecular weight is 312 g/mol. The minimum atomic E-state index is -0.260. The lowest BCUT2D eigenvalue weighted by Gasteiger charge is -2.22. The third-order valence-corrected chi connectivity index (χ3v) is 3.61. The fourth-order valence-corrected chi connectivity index (χ4v) is 2.35. The van der Waals surface area contributed by atoms with E-state index >= 15 is 0 Å². The minimum absolute atomic E-state index is 0.0330. The molecule has 0 aliphatic carbocycles. The van der Waals surface area contributed by atoms with Crippen LogP contribution in [0.4, 0.5) is 0 Å². The van der Waals surface area contributed by atoms with E-state index in [1.165, 1.54) is 0 Å². The second kappa shape index (κ2) is 7.76. The molecule has 23 heavy (non-hydrogen) atoms. The SMILES string of the molecule is O=C(NCc1ccc(Oc2ccccc2)cc1)C1COCCN1. The molecule has 0 spiro atoms. The van der Waals surface area contributed by atoms with E-state index in [4.69, 9.17) is 9.47 Å². The summed E-state index contributed by atoms with van der Waals surface area (Å²) in [6, 6.07) is 17.1. The lowest BCUT2D eigenvalue weighted by molar-refractivity contribution is -0.126. The topological polar surface area (TPSA) is 59.6 Å². The molecule has 0 radical (unpaired) electrons. The first-order chi connectivity index (χ1) is 11.3. The molecule has 1 atom stereocenters. The second-order valence-corrected chi connectivity index (χ2v) is 5.36. The van der Waals surface area contributed by atoms with Gasteiger partial charge in [0.15, 0.2) is 0 Å². The zero-order chi connectivity index (χ0) is 15.9. The third kappa shape index (κ3) is 4.55. The van der Waals surface area contributed by atoms with Crippen molar-refractivity contribution in [1.29, 1.82) is 0 Å². The van der Waals surface area contributed by atoms with Crippen molar-refractivity contribution in [3.63, 3.8) is 0 Å². The fraction of sp³-hybridized carbons (Fsp3) is 0.278. The molecule has 0 aromatic heterocycles. The van der Waals surface area contributed by atoms with Crippen LogP contribution in [0.15, 0.2) is 54.6 Å². The summed E-state index contributed by atoms with van der Waals surface area (Å²) in [5.74, 6) is 1.54. The van der Waals surface area contributed by atoms with Crippen LogP contribution in [0.1, 0.15) is 5.56 Å². The third-order valence-electron chi connectivity index (χ3n) is 3.61. The van der Waals surface area contributed by atoms with Gasteiger partial charge in [-0.1, -0.05) is 30.3 Å². The molecule has 1 heterocycles. The molecule has 2 N–H and O–H groups in total. The van der Waals surface area contributed by atoms with Gasteiger partial charge in [-0.25, -0.2) is 0 Å². The van der Waals surface area contributed by atoms with Crippen molar-refractivity contribution in [1.82, 2.24) is 10.6 Å². The normalized spacial score (nSPS) is 17.5. The number of hydrogen-bond donors (Lipinski definition) is 2. The molecule has 0 bridgehead atoms. The van der Waals surface area contributed by atoms with Crippen LogP contribution < -0.4 is 15.4 Å². The quantitative estimate of drug-likeness (QED) is 0.887. The first kappa shape index (κ1) is 15.5. The predicted octanol–water partition coefficient (Wildman–Crippen LogP) is 2.08. The highest BCUT2D eigenvalue weighted by atomic mass is 16.5. The molecule has 1 fully saturated rings. The Kier molecular flexibility index (Phi) is 5.24. The standard InChI is InChI=1S/C18H20N2O3/c21-18(17-13-22-11-10-19-17)20-12-14-6-8-16(9-7-14)23-15-4-2-1-3-5-15/h1-9,17,19H,10-13H2,(H,20,21). The van der Waals surface area contributed by atoms with Crippen LogP contribution in [0, 0.1) is 0 Å². The summed E-state index contributed by atoms with van der Waals surface area (Å²) in [6.45, 7) is 2.29. The first-order valence-corrected chi connectivity index (χ1v) is 7.72. The Balaban J connectivity index is 1.50. The van der Waals surface area contributed by atoms with Crippen molar-refractivity contribution in [3.8, 4) is 11.5 Å². The first-order valence-electron chi connectivity index (χ1n) is 7.72. The molecule has 5 heteroatoms. The highest BCUT2D eigenvalue weighted by Gasteiger charge is 2.20. The summed E-state index contributed by atoms with van der Waals surface area (Å²) < 4.78 is 11.0. The summed E-state index contributed by atoms with van der Waals surface area (Å²) in [5.41, 5.74) is 1.02. The highest BCUT2D eigenvalue weighted by molar-refractivity contribution is 5.81. The molecule has 1 saturated heterocycles. The Labute approximate surface area is 135 Å². The number of hydrogen-bond acceptors (Lipinski definition) is 4. The molecule has 2 aromatic rings. The van der Waals surface area contributed by atoms with Crippen LogP contribution in [0.25, 0.3) is 0 Å². The van der Waals surface area contributed by atoms with Crippen LogP contribution in [-0.2, 0) is 16.1 Å². The number of carbonyl (C=O) groups is 1. The van der Waals surface area contributed by atoms with Gasteiger partial charge in [0, 0.05) is 13.1 Å². The summed E-state index contributed by atoms with van der Waals surface area (Å²) >= 11 is 0. The molecule has 2 aromatic carbocycles. The largest absolute Gasteiger partial charge is 0.457 e. The maximum Gasteiger partial charge on any atom is 0.239 e. The number of para-hydroxylation sites is 1. The molecule has 1 aliphatic heterocycles. The van der Waals surface area contributed by atoms with Gasteiger partial charge in [-0.2, -0.15) is 0 Å². The van der Waals surface area contributed by atoms with Gasteiger partial charge in [-0.3, -0.25) is 4.79 Å². The van der Waals surface area contributed by atoms with Gasteiger partial charge >= 0.3 is 0 Å². The van der Waals surface area contributed by atoms with Crippen LogP contribution in [0.2, 0.25) is 0 Å². The van der Waals surface area contributed by atoms with Gasteiger partial charge < -0.3 is 20.1 Å². The summed E-state index contributed by atoms with van der Waals surface area (Å²) in [7, 11) is 0. The van der Waals surface area contributed by atoms with Gasteiger partial charge in [-0.05, 0) is 29.8 Å². The minimum Gasteiger partial charge on any atom is -0.457 e. The van der Waals surface area contributed by atoms with Crippen molar-refractivity contribution >= 4 is 5.91 Å². The number of carbonyl (C=O) groups excluding carboxylic acids is 1. The van der Waals surface area contributed by atoms with Crippen LogP contribution in [0.5, 0.6) is 11.5 Å². The number of ether oxygens (including phenoxy) is 2. The van der Waals surface area contributed by atoms with Gasteiger partial charge in [-0.15, -0.1) is 0 Å². The number of amides is 1. The maximum absolute atomic E-state index is 12.0. The van der Waals surface area contributed by atoms with Gasteiger partial charge in [0.2, 0.25) is 5.91 Å². The lowest BCUT2D eigenvalue weighted by Crippen LogP contribution is -2.51. The molecular formula is C18H20N2O3. The Morgan fingerprint density at radius 2 is 1.87 bits per heavy atom. The molecular weight excluding hydrogens is 292 g/mol. The van der Waals surface area contributed by atoms with Crippen molar-refractivity contribution in [2.45, 2.75) is 12.6 Å². The molecule has 120 valence electrons. The van der Waals surface area contributed by atoms with E-state index in [9.17, 15) is 4.79 Å². The fourth-order valence-electron chi connectivity index (χ4n) is 2.35. The Morgan fingerprint density at radius 3 is 2.57 bits per heavy atom. The number of morpholine rings is 1. The lowest BCUT2D eigenvalue weighted by atomic mass is 10.2. The molecule has 0 saturated carbocycles. The average Bonchev–Trinajstić information content (AvgIpc) is 2.62. The Hall–Kier alpha value is -2.37. The number of rotatable bonds is 5. The van der Waals surface area contributed by atoms with E-state index in [-0.39, 0.29) is 11.9 Å². The van der Waals surface area contributed by atoms with Gasteiger partial charge in [0.05, 0.1) is 13.2 Å². The highest BCUT2D eigenvalue weighted by Crippen LogP contribution is 2.21. The van der Waals surface area contributed by atoms with E-state index in [1.54, 1.807) is 0 Å². The van der Waals surface area contributed by atoms with Crippen molar-refractivity contribution < 1.29 is 14.3 Å². The summed E-state index contributed by atoms with van der Waals surface area (Å²) in [5, 5.41) is 6.05. The van der Waals surface area contributed by atoms with Gasteiger partial charge in [0.25, 0.3) is 0 Å². The summed E-state index contributed by atoms with van der Waals surface area (Å²) in [4.78, 5) is 12.0. The van der Waals surface area contributed by atoms with Gasteiger partial charge in [0.1, 0.15) is 17.5 Å². The van der Waals surface area contributed by atoms with Crippen LogP contribution >= 0.6 is 0 Å². The molecule has 5 nitrogen and oxygen atoms in total. The van der Waals surface area contributed by atoms with E-state index in [0.717, 1.165) is 17.1 Å². The van der Waals surface area contributed by atoms with E-state index < -0.39 is 0 Å². The smallest absolute Gasteiger partial charge is 0.239 e. The maximum atomic E-state index is 12.0. The Bertz CT molecular complexity index is 622. The molecule has 1 aliphatic rings. The van der Waals surface area contributed by atoms with E-state index in [2.05, 4.69) is 10.6 Å². The van der Waals surface area contributed by atoms with Crippen molar-refractivity contribution in [2.75, 3.05) is 19.8 Å². The Morgan fingerprint density at radius 1 is 1.13 bits per heavy atom. The van der Waals surface area contributed by atoms with Crippen LogP contribution in [0.3, 0.4) is 0 Å².